The summed E-state index contributed by atoms with van der Waals surface area (Å²) in [4.78, 5) is 9.21. The van der Waals surface area contributed by atoms with Gasteiger partial charge in [-0.3, -0.25) is 9.38 Å². The zero-order chi connectivity index (χ0) is 25.5. The van der Waals surface area contributed by atoms with Crippen LogP contribution in [0.15, 0.2) is 72.4 Å². The number of ether oxygens (including phenoxy) is 1. The highest BCUT2D eigenvalue weighted by atomic mass is 16.5. The molecule has 3 aromatic heterocycles. The number of hydrogen-bond acceptors (Lipinski definition) is 6. The van der Waals surface area contributed by atoms with Crippen molar-refractivity contribution in [2.24, 2.45) is 5.16 Å². The number of anilines is 2. The molecule has 0 saturated heterocycles. The number of aromatic nitrogens is 4. The van der Waals surface area contributed by atoms with Crippen LogP contribution < -0.4 is 10.1 Å². The Morgan fingerprint density at radius 3 is 2.78 bits per heavy atom. The van der Waals surface area contributed by atoms with E-state index in [9.17, 15) is 5.21 Å². The van der Waals surface area contributed by atoms with Gasteiger partial charge in [-0.05, 0) is 74.2 Å². The van der Waals surface area contributed by atoms with Crippen LogP contribution in [0.25, 0.3) is 16.9 Å². The predicted octanol–water partition coefficient (Wildman–Crippen LogP) is 5.74. The second-order valence-corrected chi connectivity index (χ2v) is 9.47. The molecular weight excluding hydrogens is 464 g/mol. The van der Waals surface area contributed by atoms with Gasteiger partial charge in [0.05, 0.1) is 25.6 Å². The van der Waals surface area contributed by atoms with Gasteiger partial charge in [-0.15, -0.1) is 0 Å². The minimum absolute atomic E-state index is 0.702. The summed E-state index contributed by atoms with van der Waals surface area (Å²) in [7, 11) is 1.70. The van der Waals surface area contributed by atoms with Crippen LogP contribution in [0.2, 0.25) is 0 Å². The van der Waals surface area contributed by atoms with E-state index in [0.717, 1.165) is 63.8 Å². The molecular formula is C29H28N6O2. The summed E-state index contributed by atoms with van der Waals surface area (Å²) in [5, 5.41) is 16.3. The lowest BCUT2D eigenvalue weighted by Crippen LogP contribution is -2.03. The van der Waals surface area contributed by atoms with Crippen LogP contribution >= 0.6 is 0 Å². The summed E-state index contributed by atoms with van der Waals surface area (Å²) < 4.78 is 9.96. The number of nitrogens with one attached hydrogen (secondary N) is 1. The number of oxime groups is 1. The molecule has 1 aliphatic carbocycles. The number of nitrogens with zero attached hydrogens (tertiary/aromatic N) is 5. The smallest absolute Gasteiger partial charge is 0.157 e. The van der Waals surface area contributed by atoms with Crippen molar-refractivity contribution in [2.75, 3.05) is 12.4 Å². The molecule has 8 heteroatoms. The number of imidazole rings is 1. The molecule has 2 aromatic carbocycles. The van der Waals surface area contributed by atoms with E-state index < -0.39 is 0 Å². The van der Waals surface area contributed by atoms with E-state index >= 15 is 0 Å². The molecule has 0 saturated carbocycles. The average molecular weight is 493 g/mol. The Kier molecular flexibility index (Phi) is 5.64. The summed E-state index contributed by atoms with van der Waals surface area (Å²) in [6.45, 7) is 4.93. The van der Waals surface area contributed by atoms with Crippen molar-refractivity contribution in [1.29, 1.82) is 0 Å². The monoisotopic (exact) mass is 492 g/mol. The highest BCUT2D eigenvalue weighted by Gasteiger charge is 2.20. The Hall–Kier alpha value is -4.59. The Morgan fingerprint density at radius 1 is 1.11 bits per heavy atom. The van der Waals surface area contributed by atoms with E-state index in [2.05, 4.69) is 58.3 Å². The van der Waals surface area contributed by atoms with E-state index in [1.165, 1.54) is 16.8 Å². The third-order valence-corrected chi connectivity index (χ3v) is 7.00. The van der Waals surface area contributed by atoms with Crippen LogP contribution in [-0.2, 0) is 13.0 Å². The lowest BCUT2D eigenvalue weighted by Gasteiger charge is -2.14. The van der Waals surface area contributed by atoms with Gasteiger partial charge >= 0.3 is 0 Å². The summed E-state index contributed by atoms with van der Waals surface area (Å²) in [5.41, 5.74) is 9.95. The quantitative estimate of drug-likeness (QED) is 0.233. The molecule has 1 aliphatic rings. The van der Waals surface area contributed by atoms with Gasteiger partial charge in [-0.2, -0.15) is 0 Å². The predicted molar refractivity (Wildman–Crippen MR) is 144 cm³/mol. The van der Waals surface area contributed by atoms with Crippen LogP contribution in [0.5, 0.6) is 5.75 Å². The number of fused-ring (bicyclic) bond motifs is 2. The SMILES string of the molecule is COc1ccc(-c2nc3cnccn3c2Nc2ccc3c(c2)CC/C3=N\O)cc1Cn1cc(C)cc1C. The Morgan fingerprint density at radius 2 is 2.00 bits per heavy atom. The third-order valence-electron chi connectivity index (χ3n) is 7.00. The van der Waals surface area contributed by atoms with Crippen molar-refractivity contribution in [2.45, 2.75) is 33.2 Å². The second-order valence-electron chi connectivity index (χ2n) is 9.47. The minimum Gasteiger partial charge on any atom is -0.496 e. The van der Waals surface area contributed by atoms with Crippen LogP contribution in [0.4, 0.5) is 11.5 Å². The normalized spacial score (nSPS) is 13.9. The first-order chi connectivity index (χ1) is 18.0. The molecule has 2 N–H and O–H groups in total. The molecule has 0 amide bonds. The summed E-state index contributed by atoms with van der Waals surface area (Å²) in [6, 6.07) is 14.5. The van der Waals surface area contributed by atoms with E-state index in [1.54, 1.807) is 19.5 Å². The van der Waals surface area contributed by atoms with Gasteiger partial charge in [0.2, 0.25) is 0 Å². The van der Waals surface area contributed by atoms with Crippen molar-refractivity contribution >= 4 is 22.9 Å². The van der Waals surface area contributed by atoms with Crippen LogP contribution in [0, 0.1) is 13.8 Å². The zero-order valence-electron chi connectivity index (χ0n) is 21.1. The number of hydrogen-bond donors (Lipinski definition) is 2. The molecule has 0 unspecified atom stereocenters. The Labute approximate surface area is 214 Å². The largest absolute Gasteiger partial charge is 0.496 e. The highest BCUT2D eigenvalue weighted by Crippen LogP contribution is 2.35. The lowest BCUT2D eigenvalue weighted by atomic mass is 10.1. The average Bonchev–Trinajstić information content (AvgIpc) is 3.58. The standard InChI is InChI=1S/C29H28N6O2/c1-18-12-19(2)34(16-18)17-22-13-21(5-9-26(22)37-3)28-29(35-11-10-30-15-27(35)32-28)31-23-6-7-24-20(14-23)4-8-25(24)33-36/h5-7,9-16,31,36H,4,8,17H2,1-3H3/b33-25+. The van der Waals surface area contributed by atoms with Gasteiger partial charge in [0.1, 0.15) is 17.3 Å². The topological polar surface area (TPSA) is 89.0 Å². The van der Waals surface area contributed by atoms with E-state index in [-0.39, 0.29) is 0 Å². The molecule has 0 aliphatic heterocycles. The second kappa shape index (κ2) is 9.13. The molecule has 0 bridgehead atoms. The van der Waals surface area contributed by atoms with Crippen LogP contribution in [0.3, 0.4) is 0 Å². The highest BCUT2D eigenvalue weighted by molar-refractivity contribution is 6.04. The molecule has 37 heavy (non-hydrogen) atoms. The van der Waals surface area contributed by atoms with Gasteiger partial charge in [0.25, 0.3) is 0 Å². The van der Waals surface area contributed by atoms with Crippen molar-refractivity contribution < 1.29 is 9.94 Å². The number of aryl methyl sites for hydroxylation is 3. The van der Waals surface area contributed by atoms with Crippen LogP contribution in [0.1, 0.15) is 34.4 Å². The van der Waals surface area contributed by atoms with Gasteiger partial charge in [-0.1, -0.05) is 11.2 Å². The molecule has 5 aromatic rings. The number of methoxy groups -OCH3 is 1. The molecule has 6 rings (SSSR count). The fourth-order valence-electron chi connectivity index (χ4n) is 5.22. The van der Waals surface area contributed by atoms with E-state index in [4.69, 9.17) is 9.72 Å². The molecule has 8 nitrogen and oxygen atoms in total. The Balaban J connectivity index is 1.43. The summed E-state index contributed by atoms with van der Waals surface area (Å²) in [6.07, 6.45) is 9.19. The summed E-state index contributed by atoms with van der Waals surface area (Å²) >= 11 is 0. The lowest BCUT2D eigenvalue weighted by molar-refractivity contribution is 0.318. The van der Waals surface area contributed by atoms with Crippen molar-refractivity contribution in [3.05, 3.63) is 95.2 Å². The molecule has 0 spiro atoms. The molecule has 3 heterocycles. The molecule has 0 radical (unpaired) electrons. The molecule has 0 fully saturated rings. The van der Waals surface area contributed by atoms with Gasteiger partial charge in [0.15, 0.2) is 5.65 Å². The van der Waals surface area contributed by atoms with Gasteiger partial charge in [-0.25, -0.2) is 4.98 Å². The Bertz CT molecular complexity index is 1660. The maximum Gasteiger partial charge on any atom is 0.157 e. The van der Waals surface area contributed by atoms with Crippen LogP contribution in [-0.4, -0.2) is 37.0 Å². The third kappa shape index (κ3) is 4.10. The van der Waals surface area contributed by atoms with Crippen molar-refractivity contribution in [3.63, 3.8) is 0 Å². The van der Waals surface area contributed by atoms with Gasteiger partial charge in [0, 0.05) is 46.7 Å². The maximum atomic E-state index is 9.28. The zero-order valence-corrected chi connectivity index (χ0v) is 21.1. The first kappa shape index (κ1) is 22.8. The van der Waals surface area contributed by atoms with Crippen molar-refractivity contribution in [3.8, 4) is 17.0 Å². The molecule has 0 atom stereocenters. The van der Waals surface area contributed by atoms with E-state index in [0.29, 0.717) is 6.54 Å². The first-order valence-electron chi connectivity index (χ1n) is 12.3. The minimum atomic E-state index is 0.702. The maximum absolute atomic E-state index is 9.28. The van der Waals surface area contributed by atoms with Crippen molar-refractivity contribution in [1.82, 2.24) is 18.9 Å². The first-order valence-corrected chi connectivity index (χ1v) is 12.3. The van der Waals surface area contributed by atoms with Gasteiger partial charge < -0.3 is 19.8 Å². The number of benzene rings is 2. The fourth-order valence-corrected chi connectivity index (χ4v) is 5.22. The number of rotatable bonds is 6. The molecule has 186 valence electrons. The fraction of sp³-hybridized carbons (Fsp3) is 0.207. The summed E-state index contributed by atoms with van der Waals surface area (Å²) in [5.74, 6) is 1.70. The van der Waals surface area contributed by atoms with E-state index in [1.807, 2.05) is 34.9 Å².